The van der Waals surface area contributed by atoms with Gasteiger partial charge in [-0.25, -0.2) is 5.43 Å². The van der Waals surface area contributed by atoms with Crippen molar-refractivity contribution in [2.75, 3.05) is 20.0 Å². The molecular formula is C27H28N5O4S+. The van der Waals surface area contributed by atoms with Gasteiger partial charge < -0.3 is 14.6 Å². The lowest BCUT2D eigenvalue weighted by molar-refractivity contribution is -0.625. The second-order valence-electron chi connectivity index (χ2n) is 8.25. The Morgan fingerprint density at radius 1 is 1.05 bits per heavy atom. The van der Waals surface area contributed by atoms with E-state index in [0.29, 0.717) is 10.7 Å². The first-order valence-electron chi connectivity index (χ1n) is 11.4. The molecule has 0 saturated heterocycles. The van der Waals surface area contributed by atoms with Gasteiger partial charge in [-0.1, -0.05) is 35.4 Å². The van der Waals surface area contributed by atoms with Crippen LogP contribution in [0.2, 0.25) is 0 Å². The second kappa shape index (κ2) is 11.6. The van der Waals surface area contributed by atoms with Crippen molar-refractivity contribution in [3.8, 4) is 34.3 Å². The van der Waals surface area contributed by atoms with Crippen molar-refractivity contribution < 1.29 is 23.9 Å². The lowest BCUT2D eigenvalue weighted by Crippen LogP contribution is -2.34. The highest BCUT2D eigenvalue weighted by molar-refractivity contribution is 7.99. The molecule has 0 aliphatic rings. The highest BCUT2D eigenvalue weighted by Crippen LogP contribution is 2.36. The number of nitrogens with one attached hydrogen (secondary N) is 2. The molecule has 0 unspecified atom stereocenters. The topological polar surface area (TPSA) is 113 Å². The van der Waals surface area contributed by atoms with E-state index < -0.39 is 0 Å². The van der Waals surface area contributed by atoms with E-state index in [-0.39, 0.29) is 28.9 Å². The molecule has 37 heavy (non-hydrogen) atoms. The third-order valence-corrected chi connectivity index (χ3v) is 6.47. The molecule has 1 aromatic heterocycles. The zero-order valence-electron chi connectivity index (χ0n) is 21.0. The molecule has 0 fully saturated rings. The van der Waals surface area contributed by atoms with E-state index in [2.05, 4.69) is 20.7 Å². The smallest absolute Gasteiger partial charge is 0.342 e. The first-order chi connectivity index (χ1) is 17.9. The van der Waals surface area contributed by atoms with Gasteiger partial charge in [-0.2, -0.15) is 9.67 Å². The Morgan fingerprint density at radius 2 is 1.65 bits per heavy atom. The molecule has 0 spiro atoms. The van der Waals surface area contributed by atoms with Gasteiger partial charge in [0.15, 0.2) is 11.5 Å². The molecule has 0 aliphatic carbocycles. The van der Waals surface area contributed by atoms with Gasteiger partial charge >= 0.3 is 5.16 Å². The molecule has 0 bridgehead atoms. The standard InChI is InChI=1S/C27H27N5O4S/c1-17-5-9-20(10-6-17)26-30-31-27(32(26)21-11-7-18(2)8-12-21)37-16-24(33)29-28-15-19-13-22(35-3)25(34)23(14-19)36-4/h5-15H,16H2,1-4H3,(H2,28,29,33,34)/p+1. The van der Waals surface area contributed by atoms with Crippen molar-refractivity contribution in [3.05, 3.63) is 77.4 Å². The summed E-state index contributed by atoms with van der Waals surface area (Å²) in [5, 5.41) is 22.3. The first-order valence-corrected chi connectivity index (χ1v) is 12.4. The number of phenolic OH excluding ortho intramolecular Hbond substituents is 1. The fourth-order valence-corrected chi connectivity index (χ4v) is 4.32. The molecule has 10 heteroatoms. The molecule has 0 saturated carbocycles. The Hall–Kier alpha value is -4.31. The van der Waals surface area contributed by atoms with Gasteiger partial charge in [-0.05, 0) is 62.0 Å². The Bertz CT molecular complexity index is 1390. The summed E-state index contributed by atoms with van der Waals surface area (Å²) < 4.78 is 12.3. The molecule has 1 amide bonds. The monoisotopic (exact) mass is 518 g/mol. The number of rotatable bonds is 9. The zero-order valence-corrected chi connectivity index (χ0v) is 21.8. The predicted molar refractivity (Wildman–Crippen MR) is 143 cm³/mol. The predicted octanol–water partition coefficient (Wildman–Crippen LogP) is 3.94. The number of methoxy groups -OCH3 is 2. The van der Waals surface area contributed by atoms with Crippen LogP contribution in [0, 0.1) is 13.8 Å². The molecule has 0 radical (unpaired) electrons. The van der Waals surface area contributed by atoms with Crippen LogP contribution >= 0.6 is 11.8 Å². The second-order valence-corrected chi connectivity index (χ2v) is 9.19. The van der Waals surface area contributed by atoms with Crippen LogP contribution in [0.5, 0.6) is 17.2 Å². The maximum Gasteiger partial charge on any atom is 0.342 e. The summed E-state index contributed by atoms with van der Waals surface area (Å²) in [5.74, 6) is 1.00. The van der Waals surface area contributed by atoms with Gasteiger partial charge in [0.2, 0.25) is 5.75 Å². The van der Waals surface area contributed by atoms with Crippen molar-refractivity contribution in [2.24, 2.45) is 5.10 Å². The lowest BCUT2D eigenvalue weighted by atomic mass is 10.1. The SMILES string of the molecule is COc1cc(C=NNC(=O)CSc2n[nH]c(-c3ccc(C)cc3)[n+]2-c2ccc(C)cc2)cc(OC)c1O. The summed E-state index contributed by atoms with van der Waals surface area (Å²) in [6.45, 7) is 4.08. The minimum Gasteiger partial charge on any atom is -0.502 e. The molecule has 4 rings (SSSR count). The van der Waals surface area contributed by atoms with Gasteiger partial charge in [-0.15, -0.1) is 5.10 Å². The van der Waals surface area contributed by atoms with Crippen LogP contribution in [0.3, 0.4) is 0 Å². The van der Waals surface area contributed by atoms with Crippen LogP contribution in [0.25, 0.3) is 17.1 Å². The number of H-pyrrole nitrogens is 1. The molecule has 3 aromatic carbocycles. The summed E-state index contributed by atoms with van der Waals surface area (Å²) in [5.41, 5.74) is 7.35. The fraction of sp³-hybridized carbons (Fsp3) is 0.185. The van der Waals surface area contributed by atoms with E-state index in [1.807, 2.05) is 66.9 Å². The molecule has 1 heterocycles. The molecule has 0 atom stereocenters. The Kier molecular flexibility index (Phi) is 8.09. The number of aromatic nitrogens is 3. The van der Waals surface area contributed by atoms with Crippen LogP contribution in [0.4, 0.5) is 0 Å². The largest absolute Gasteiger partial charge is 0.502 e. The van der Waals surface area contributed by atoms with Crippen molar-refractivity contribution in [3.63, 3.8) is 0 Å². The van der Waals surface area contributed by atoms with Crippen LogP contribution < -0.4 is 19.5 Å². The number of hydrazone groups is 1. The number of aromatic hydroxyl groups is 1. The number of hydrogen-bond acceptors (Lipinski definition) is 7. The Balaban J connectivity index is 1.49. The van der Waals surface area contributed by atoms with Crippen molar-refractivity contribution in [1.29, 1.82) is 0 Å². The molecular weight excluding hydrogens is 490 g/mol. The molecule has 3 N–H and O–H groups in total. The minimum atomic E-state index is -0.297. The summed E-state index contributed by atoms with van der Waals surface area (Å²) in [4.78, 5) is 12.5. The Morgan fingerprint density at radius 3 is 2.24 bits per heavy atom. The normalized spacial score (nSPS) is 11.0. The summed E-state index contributed by atoms with van der Waals surface area (Å²) in [6.07, 6.45) is 1.45. The number of hydrogen-bond donors (Lipinski definition) is 3. The number of phenols is 1. The van der Waals surface area contributed by atoms with Crippen LogP contribution in [-0.2, 0) is 4.79 Å². The molecule has 9 nitrogen and oxygen atoms in total. The average Bonchev–Trinajstić information content (AvgIpc) is 3.33. The number of aromatic amines is 1. The minimum absolute atomic E-state index is 0.101. The number of amides is 1. The van der Waals surface area contributed by atoms with E-state index >= 15 is 0 Å². The summed E-state index contributed by atoms with van der Waals surface area (Å²) in [7, 11) is 2.88. The number of benzene rings is 3. The molecule has 0 aliphatic heterocycles. The van der Waals surface area contributed by atoms with Gasteiger partial charge in [0.1, 0.15) is 5.69 Å². The van der Waals surface area contributed by atoms with Gasteiger partial charge in [0.25, 0.3) is 11.7 Å². The fourth-order valence-electron chi connectivity index (χ4n) is 3.56. The van der Waals surface area contributed by atoms with Crippen molar-refractivity contribution in [1.82, 2.24) is 15.6 Å². The van der Waals surface area contributed by atoms with Gasteiger partial charge in [-0.3, -0.25) is 4.79 Å². The maximum atomic E-state index is 12.5. The Labute approximate surface area is 219 Å². The first kappa shape index (κ1) is 25.8. The number of aryl methyl sites for hydroxylation is 2. The van der Waals surface area contributed by atoms with E-state index in [1.54, 1.807) is 12.1 Å². The van der Waals surface area contributed by atoms with Crippen molar-refractivity contribution in [2.45, 2.75) is 19.0 Å². The van der Waals surface area contributed by atoms with Crippen LogP contribution in [0.15, 0.2) is 70.9 Å². The molecule has 4 aromatic rings. The van der Waals surface area contributed by atoms with E-state index in [4.69, 9.17) is 9.47 Å². The quantitative estimate of drug-likeness (QED) is 0.134. The van der Waals surface area contributed by atoms with Gasteiger partial charge in [0, 0.05) is 5.56 Å². The number of nitrogens with zero attached hydrogens (tertiary/aromatic N) is 3. The van der Waals surface area contributed by atoms with Crippen molar-refractivity contribution >= 4 is 23.9 Å². The average molecular weight is 519 g/mol. The third-order valence-electron chi connectivity index (χ3n) is 5.53. The van der Waals surface area contributed by atoms with E-state index in [9.17, 15) is 9.90 Å². The van der Waals surface area contributed by atoms with E-state index in [0.717, 1.165) is 22.6 Å². The summed E-state index contributed by atoms with van der Waals surface area (Å²) >= 11 is 1.29. The van der Waals surface area contributed by atoms with Crippen LogP contribution in [-0.4, -0.2) is 47.4 Å². The highest BCUT2D eigenvalue weighted by atomic mass is 32.2. The number of thioether (sulfide) groups is 1. The third kappa shape index (κ3) is 6.10. The number of ether oxygens (including phenoxy) is 2. The van der Waals surface area contributed by atoms with Crippen LogP contribution in [0.1, 0.15) is 16.7 Å². The zero-order chi connectivity index (χ0) is 26.4. The maximum absolute atomic E-state index is 12.5. The number of carbonyl (C=O) groups excluding carboxylic acids is 1. The van der Waals surface area contributed by atoms with Gasteiger partial charge in [0.05, 0.1) is 36.8 Å². The summed E-state index contributed by atoms with van der Waals surface area (Å²) in [6, 6.07) is 19.5. The molecule has 190 valence electrons. The number of carbonyl (C=O) groups is 1. The van der Waals surface area contributed by atoms with E-state index in [1.165, 1.54) is 37.8 Å². The lowest BCUT2D eigenvalue weighted by Gasteiger charge is -2.09. The highest BCUT2D eigenvalue weighted by Gasteiger charge is 2.24.